The van der Waals surface area contributed by atoms with Crippen molar-refractivity contribution in [1.29, 1.82) is 0 Å². The molecule has 0 spiro atoms. The minimum absolute atomic E-state index is 0.240. The molecule has 1 aromatic carbocycles. The molecule has 0 saturated carbocycles. The smallest absolute Gasteiger partial charge is 0.410 e. The molecule has 0 unspecified atom stereocenters. The van der Waals surface area contributed by atoms with Crippen LogP contribution in [0.3, 0.4) is 0 Å². The average Bonchev–Trinajstić information content (AvgIpc) is 2.72. The van der Waals surface area contributed by atoms with Gasteiger partial charge in [-0.25, -0.2) is 9.59 Å². The average molecular weight is 420 g/mol. The molecule has 1 aromatic rings. The summed E-state index contributed by atoms with van der Waals surface area (Å²) in [6.07, 6.45) is 1.68. The van der Waals surface area contributed by atoms with E-state index in [0.717, 1.165) is 44.7 Å². The van der Waals surface area contributed by atoms with Gasteiger partial charge in [-0.1, -0.05) is 0 Å². The van der Waals surface area contributed by atoms with E-state index in [1.165, 1.54) is 0 Å². The van der Waals surface area contributed by atoms with Crippen LogP contribution in [-0.2, 0) is 4.74 Å². The highest BCUT2D eigenvalue weighted by Crippen LogP contribution is 2.30. The third kappa shape index (κ3) is 5.36. The minimum atomic E-state index is -0.923. The molecule has 8 heteroatoms. The van der Waals surface area contributed by atoms with Gasteiger partial charge < -0.3 is 24.4 Å². The largest absolute Gasteiger partial charge is 0.497 e. The van der Waals surface area contributed by atoms with E-state index in [1.807, 2.05) is 26.8 Å². The summed E-state index contributed by atoms with van der Waals surface area (Å²) in [4.78, 5) is 30.3. The molecule has 30 heavy (non-hydrogen) atoms. The Morgan fingerprint density at radius 2 is 1.67 bits per heavy atom. The first-order valence-corrected chi connectivity index (χ1v) is 10.6. The molecule has 2 aliphatic heterocycles. The Morgan fingerprint density at radius 1 is 1.03 bits per heavy atom. The maximum atomic E-state index is 12.3. The summed E-state index contributed by atoms with van der Waals surface area (Å²) in [6, 6.07) is 5.55. The van der Waals surface area contributed by atoms with Crippen molar-refractivity contribution >= 4 is 17.7 Å². The van der Waals surface area contributed by atoms with Gasteiger partial charge in [0, 0.05) is 51.4 Å². The van der Waals surface area contributed by atoms with E-state index < -0.39 is 11.6 Å². The van der Waals surface area contributed by atoms with Gasteiger partial charge in [0.1, 0.15) is 11.4 Å². The predicted octanol–water partition coefficient (Wildman–Crippen LogP) is 2.91. The van der Waals surface area contributed by atoms with Gasteiger partial charge in [-0.05, 0) is 45.7 Å². The lowest BCUT2D eigenvalue weighted by molar-refractivity contribution is 0.00899. The highest BCUT2D eigenvalue weighted by atomic mass is 16.6. The number of benzene rings is 1. The van der Waals surface area contributed by atoms with Crippen molar-refractivity contribution in [1.82, 2.24) is 9.80 Å². The standard InChI is InChI=1S/C22H33N3O5/c1-22(2,3)30-21(28)25-13-11-23(12-14-25)16-7-9-24(10-8-16)19-15-17(29-4)5-6-18(19)20(26)27/h5-6,15-16H,7-14H2,1-4H3,(H,26,27). The second-order valence-corrected chi connectivity index (χ2v) is 8.91. The molecule has 3 rings (SSSR count). The summed E-state index contributed by atoms with van der Waals surface area (Å²) < 4.78 is 10.8. The highest BCUT2D eigenvalue weighted by Gasteiger charge is 2.31. The zero-order valence-corrected chi connectivity index (χ0v) is 18.4. The number of rotatable bonds is 4. The van der Waals surface area contributed by atoms with E-state index in [0.29, 0.717) is 30.4 Å². The van der Waals surface area contributed by atoms with Gasteiger partial charge in [0.15, 0.2) is 0 Å². The van der Waals surface area contributed by atoms with Gasteiger partial charge in [-0.2, -0.15) is 0 Å². The lowest BCUT2D eigenvalue weighted by atomic mass is 10.0. The minimum Gasteiger partial charge on any atom is -0.497 e. The number of piperazine rings is 1. The Labute approximate surface area is 178 Å². The van der Waals surface area contributed by atoms with Gasteiger partial charge in [0.05, 0.1) is 18.4 Å². The van der Waals surface area contributed by atoms with Crippen molar-refractivity contribution < 1.29 is 24.2 Å². The number of methoxy groups -OCH3 is 1. The molecule has 0 aliphatic carbocycles. The zero-order chi connectivity index (χ0) is 21.9. The normalized spacial score (nSPS) is 18.9. The molecule has 8 nitrogen and oxygen atoms in total. The third-order valence-electron chi connectivity index (χ3n) is 5.72. The SMILES string of the molecule is COc1ccc(C(=O)O)c(N2CCC(N3CCN(C(=O)OC(C)(C)C)CC3)CC2)c1. The molecule has 1 amide bonds. The molecule has 0 bridgehead atoms. The first kappa shape index (κ1) is 22.2. The quantitative estimate of drug-likeness (QED) is 0.803. The summed E-state index contributed by atoms with van der Waals surface area (Å²) in [5, 5.41) is 9.54. The van der Waals surface area contributed by atoms with Crippen LogP contribution in [0, 0.1) is 0 Å². The fourth-order valence-electron chi connectivity index (χ4n) is 4.15. The monoisotopic (exact) mass is 419 g/mol. The van der Waals surface area contributed by atoms with Crippen LogP contribution >= 0.6 is 0 Å². The number of aromatic carboxylic acids is 1. The number of nitrogens with zero attached hydrogens (tertiary/aromatic N) is 3. The van der Waals surface area contributed by atoms with Crippen LogP contribution in [0.15, 0.2) is 18.2 Å². The summed E-state index contributed by atoms with van der Waals surface area (Å²) in [5.74, 6) is -0.261. The van der Waals surface area contributed by atoms with Gasteiger partial charge in [-0.3, -0.25) is 4.90 Å². The maximum absolute atomic E-state index is 12.3. The molecule has 1 N–H and O–H groups in total. The Hall–Kier alpha value is -2.48. The highest BCUT2D eigenvalue weighted by molar-refractivity contribution is 5.95. The van der Waals surface area contributed by atoms with Crippen molar-refractivity contribution in [2.45, 2.75) is 45.3 Å². The number of carboxylic acids is 1. The summed E-state index contributed by atoms with van der Waals surface area (Å²) in [5.41, 5.74) is 0.547. The lowest BCUT2D eigenvalue weighted by Gasteiger charge is -2.43. The van der Waals surface area contributed by atoms with E-state index in [9.17, 15) is 14.7 Å². The molecule has 2 aliphatic rings. The van der Waals surface area contributed by atoms with Crippen molar-refractivity contribution in [2.24, 2.45) is 0 Å². The fraction of sp³-hybridized carbons (Fsp3) is 0.636. The Morgan fingerprint density at radius 3 is 2.20 bits per heavy atom. The van der Waals surface area contributed by atoms with E-state index in [4.69, 9.17) is 9.47 Å². The fourth-order valence-corrected chi connectivity index (χ4v) is 4.15. The Kier molecular flexibility index (Phi) is 6.75. The van der Waals surface area contributed by atoms with Crippen LogP contribution < -0.4 is 9.64 Å². The number of ether oxygens (including phenoxy) is 2. The molecule has 0 atom stereocenters. The van der Waals surface area contributed by atoms with E-state index in [2.05, 4.69) is 9.80 Å². The second kappa shape index (κ2) is 9.12. The molecular formula is C22H33N3O5. The second-order valence-electron chi connectivity index (χ2n) is 8.91. The number of anilines is 1. The van der Waals surface area contributed by atoms with Crippen LogP contribution in [-0.4, -0.2) is 85.0 Å². The summed E-state index contributed by atoms with van der Waals surface area (Å²) in [6.45, 7) is 10.3. The third-order valence-corrected chi connectivity index (χ3v) is 5.72. The number of hydrogen-bond acceptors (Lipinski definition) is 6. The van der Waals surface area contributed by atoms with E-state index >= 15 is 0 Å². The maximum Gasteiger partial charge on any atom is 0.410 e. The van der Waals surface area contributed by atoms with Crippen LogP contribution in [0.2, 0.25) is 0 Å². The molecule has 2 fully saturated rings. The van der Waals surface area contributed by atoms with Crippen LogP contribution in [0.25, 0.3) is 0 Å². The topological polar surface area (TPSA) is 82.6 Å². The van der Waals surface area contributed by atoms with Crippen LogP contribution in [0.1, 0.15) is 44.0 Å². The number of carbonyl (C=O) groups excluding carboxylic acids is 1. The van der Waals surface area contributed by atoms with Gasteiger partial charge >= 0.3 is 12.1 Å². The van der Waals surface area contributed by atoms with Crippen LogP contribution in [0.5, 0.6) is 5.75 Å². The van der Waals surface area contributed by atoms with Crippen molar-refractivity contribution in [3.05, 3.63) is 23.8 Å². The van der Waals surface area contributed by atoms with Crippen molar-refractivity contribution in [3.8, 4) is 5.75 Å². The molecular weight excluding hydrogens is 386 g/mol. The van der Waals surface area contributed by atoms with Gasteiger partial charge in [-0.15, -0.1) is 0 Å². The Bertz CT molecular complexity index is 761. The van der Waals surface area contributed by atoms with E-state index in [-0.39, 0.29) is 6.09 Å². The number of carboxylic acid groups (broad SMARTS) is 1. The Balaban J connectivity index is 1.55. The van der Waals surface area contributed by atoms with Gasteiger partial charge in [0.2, 0.25) is 0 Å². The molecule has 166 valence electrons. The van der Waals surface area contributed by atoms with E-state index in [1.54, 1.807) is 24.1 Å². The molecule has 2 saturated heterocycles. The number of amides is 1. The lowest BCUT2D eigenvalue weighted by Crippen LogP contribution is -2.55. The number of hydrogen-bond donors (Lipinski definition) is 1. The summed E-state index contributed by atoms with van der Waals surface area (Å²) >= 11 is 0. The number of carbonyl (C=O) groups is 2. The summed E-state index contributed by atoms with van der Waals surface area (Å²) in [7, 11) is 1.59. The molecule has 2 heterocycles. The number of piperidine rings is 1. The molecule has 0 aromatic heterocycles. The first-order valence-electron chi connectivity index (χ1n) is 10.6. The van der Waals surface area contributed by atoms with Crippen molar-refractivity contribution in [2.75, 3.05) is 51.3 Å². The first-order chi connectivity index (χ1) is 14.2. The van der Waals surface area contributed by atoms with Crippen LogP contribution in [0.4, 0.5) is 10.5 Å². The van der Waals surface area contributed by atoms with Crippen molar-refractivity contribution in [3.63, 3.8) is 0 Å². The zero-order valence-electron chi connectivity index (χ0n) is 18.4. The molecule has 0 radical (unpaired) electrons. The van der Waals surface area contributed by atoms with Gasteiger partial charge in [0.25, 0.3) is 0 Å². The predicted molar refractivity (Wildman–Crippen MR) is 115 cm³/mol.